The number of esters is 4. The van der Waals surface area contributed by atoms with Crippen LogP contribution in [0.4, 0.5) is 0 Å². The van der Waals surface area contributed by atoms with Gasteiger partial charge < -0.3 is 28.6 Å². The standard InChI is InChI=1S/C30H30N2O10/c1-17-20(24(33)38-2)23(19-14-10-7-11-15-19)32-27(36)29(28(37)41-5)21(25(34)39-3)22(26(35)40-4)30(32,42-29)31(17)16-18-12-8-6-9-13-18/h6-15,21-23H,16H2,1-5H3/t21-,22+,23-,29+,30+/m0/s1. The summed E-state index contributed by atoms with van der Waals surface area (Å²) in [4.78, 5) is 71.6. The van der Waals surface area contributed by atoms with Gasteiger partial charge in [0.05, 0.1) is 40.1 Å². The van der Waals surface area contributed by atoms with E-state index in [1.54, 1.807) is 61.5 Å². The first-order chi connectivity index (χ1) is 20.1. The second-order valence-electron chi connectivity index (χ2n) is 10.0. The monoisotopic (exact) mass is 578 g/mol. The fraction of sp³-hybridized carbons (Fsp3) is 0.367. The highest BCUT2D eigenvalue weighted by atomic mass is 16.6. The van der Waals surface area contributed by atoms with Crippen molar-refractivity contribution in [2.75, 3.05) is 28.4 Å². The van der Waals surface area contributed by atoms with Gasteiger partial charge in [0, 0.05) is 12.2 Å². The van der Waals surface area contributed by atoms with Crippen LogP contribution in [0.5, 0.6) is 0 Å². The largest absolute Gasteiger partial charge is 0.469 e. The Morgan fingerprint density at radius 1 is 0.810 bits per heavy atom. The molecule has 5 rings (SSSR count). The van der Waals surface area contributed by atoms with Crippen LogP contribution in [0.15, 0.2) is 71.9 Å². The van der Waals surface area contributed by atoms with Crippen molar-refractivity contribution in [1.29, 1.82) is 0 Å². The molecule has 0 aromatic heterocycles. The van der Waals surface area contributed by atoms with Crippen LogP contribution in [0.1, 0.15) is 24.1 Å². The Morgan fingerprint density at radius 2 is 1.38 bits per heavy atom. The maximum atomic E-state index is 14.7. The number of piperidine rings is 1. The highest BCUT2D eigenvalue weighted by Crippen LogP contribution is 2.64. The normalized spacial score (nSPS) is 27.8. The molecule has 2 fully saturated rings. The minimum absolute atomic E-state index is 0.00288. The van der Waals surface area contributed by atoms with Gasteiger partial charge in [0.2, 0.25) is 5.85 Å². The SMILES string of the molecule is COC(=O)C1=C(C)N(Cc2ccccc2)[C@@]23O[C@@](C(=O)OC)(C(=O)N2[C@H]1c1ccccc1)[C@H](C(=O)OC)[C@@H]3C(=O)OC. The Balaban J connectivity index is 1.91. The first kappa shape index (κ1) is 28.8. The lowest BCUT2D eigenvalue weighted by Gasteiger charge is -2.55. The summed E-state index contributed by atoms with van der Waals surface area (Å²) < 4.78 is 26.9. The number of hydrogen-bond acceptors (Lipinski definition) is 11. The van der Waals surface area contributed by atoms with Crippen LogP contribution in [0.2, 0.25) is 0 Å². The highest BCUT2D eigenvalue weighted by Gasteiger charge is 2.87. The van der Waals surface area contributed by atoms with Crippen LogP contribution in [-0.2, 0) is 54.2 Å². The average Bonchev–Trinajstić information content (AvgIpc) is 3.48. The predicted octanol–water partition coefficient (Wildman–Crippen LogP) is 1.71. The lowest BCUT2D eigenvalue weighted by Crippen LogP contribution is -2.72. The number of amides is 1. The first-order valence-corrected chi connectivity index (χ1v) is 13.1. The number of methoxy groups -OCH3 is 4. The topological polar surface area (TPSA) is 138 Å². The summed E-state index contributed by atoms with van der Waals surface area (Å²) in [5, 5.41) is 0. The van der Waals surface area contributed by atoms with Gasteiger partial charge in [-0.25, -0.2) is 9.59 Å². The molecule has 12 heteroatoms. The maximum Gasteiger partial charge on any atom is 0.349 e. The zero-order chi connectivity index (χ0) is 30.4. The average molecular weight is 579 g/mol. The van der Waals surface area contributed by atoms with Gasteiger partial charge in [0.25, 0.3) is 11.5 Å². The van der Waals surface area contributed by atoms with E-state index in [0.29, 0.717) is 16.8 Å². The number of nitrogens with zero attached hydrogens (tertiary/aromatic N) is 2. The van der Waals surface area contributed by atoms with Crippen molar-refractivity contribution in [2.45, 2.75) is 31.0 Å². The van der Waals surface area contributed by atoms with Gasteiger partial charge in [0.15, 0.2) is 0 Å². The predicted molar refractivity (Wildman–Crippen MR) is 142 cm³/mol. The third-order valence-electron chi connectivity index (χ3n) is 8.19. The molecule has 2 aromatic rings. The summed E-state index contributed by atoms with van der Waals surface area (Å²) in [6, 6.07) is 16.4. The van der Waals surface area contributed by atoms with Crippen molar-refractivity contribution >= 4 is 29.8 Å². The van der Waals surface area contributed by atoms with Gasteiger partial charge in [-0.1, -0.05) is 60.7 Å². The van der Waals surface area contributed by atoms with Gasteiger partial charge in [-0.05, 0) is 18.1 Å². The number of rotatable bonds is 7. The van der Waals surface area contributed by atoms with Crippen LogP contribution < -0.4 is 0 Å². The lowest BCUT2D eigenvalue weighted by molar-refractivity contribution is -0.232. The van der Waals surface area contributed by atoms with Gasteiger partial charge in [0.1, 0.15) is 11.8 Å². The van der Waals surface area contributed by atoms with Crippen molar-refractivity contribution in [2.24, 2.45) is 11.8 Å². The fourth-order valence-corrected chi connectivity index (χ4v) is 6.46. The molecular formula is C30H30N2O10. The van der Waals surface area contributed by atoms with E-state index in [1.165, 1.54) is 16.9 Å². The van der Waals surface area contributed by atoms with Crippen LogP contribution >= 0.6 is 0 Å². The van der Waals surface area contributed by atoms with Crippen LogP contribution in [0.3, 0.4) is 0 Å². The summed E-state index contributed by atoms with van der Waals surface area (Å²) in [6.45, 7) is 1.63. The van der Waals surface area contributed by atoms with E-state index >= 15 is 0 Å². The molecule has 1 amide bonds. The second kappa shape index (κ2) is 10.6. The van der Waals surface area contributed by atoms with E-state index in [1.807, 2.05) is 6.07 Å². The zero-order valence-electron chi connectivity index (χ0n) is 23.7. The summed E-state index contributed by atoms with van der Waals surface area (Å²) in [5.74, 6) is -10.4. The molecule has 2 aromatic carbocycles. The fourth-order valence-electron chi connectivity index (χ4n) is 6.46. The molecule has 12 nitrogen and oxygen atoms in total. The van der Waals surface area contributed by atoms with E-state index in [9.17, 15) is 24.0 Å². The van der Waals surface area contributed by atoms with E-state index < -0.39 is 59.1 Å². The number of carbonyl (C=O) groups excluding carboxylic acids is 5. The van der Waals surface area contributed by atoms with E-state index in [-0.39, 0.29) is 12.1 Å². The molecule has 3 aliphatic heterocycles. The van der Waals surface area contributed by atoms with E-state index in [4.69, 9.17) is 23.7 Å². The Labute approximate surface area is 241 Å². The van der Waals surface area contributed by atoms with Crippen molar-refractivity contribution in [3.8, 4) is 0 Å². The van der Waals surface area contributed by atoms with Crippen molar-refractivity contribution in [3.63, 3.8) is 0 Å². The third-order valence-corrected chi connectivity index (χ3v) is 8.19. The smallest absolute Gasteiger partial charge is 0.349 e. The first-order valence-electron chi connectivity index (χ1n) is 13.1. The van der Waals surface area contributed by atoms with Crippen LogP contribution in [0.25, 0.3) is 0 Å². The molecule has 0 N–H and O–H groups in total. The van der Waals surface area contributed by atoms with Crippen LogP contribution in [-0.4, -0.2) is 79.5 Å². The minimum atomic E-state index is -2.63. The molecule has 0 radical (unpaired) electrons. The van der Waals surface area contributed by atoms with Crippen molar-refractivity contribution in [1.82, 2.24) is 9.80 Å². The summed E-state index contributed by atoms with van der Waals surface area (Å²) in [7, 11) is 4.45. The molecule has 0 aliphatic carbocycles. The van der Waals surface area contributed by atoms with Crippen LogP contribution in [0, 0.1) is 11.8 Å². The summed E-state index contributed by atoms with van der Waals surface area (Å²) in [5.41, 5.74) is -1.07. The van der Waals surface area contributed by atoms with Gasteiger partial charge in [-0.15, -0.1) is 0 Å². The molecular weight excluding hydrogens is 548 g/mol. The molecule has 5 atom stereocenters. The molecule has 2 bridgehead atoms. The Hall–Kier alpha value is -4.71. The molecule has 220 valence electrons. The third kappa shape index (κ3) is 3.74. The quantitative estimate of drug-likeness (QED) is 0.270. The van der Waals surface area contributed by atoms with Crippen molar-refractivity contribution in [3.05, 3.63) is 83.1 Å². The van der Waals surface area contributed by atoms with E-state index in [2.05, 4.69) is 0 Å². The number of benzene rings is 2. The summed E-state index contributed by atoms with van der Waals surface area (Å²) >= 11 is 0. The van der Waals surface area contributed by atoms with E-state index in [0.717, 1.165) is 21.3 Å². The molecule has 2 saturated heterocycles. The summed E-state index contributed by atoms with van der Waals surface area (Å²) in [6.07, 6.45) is 0. The second-order valence-corrected chi connectivity index (χ2v) is 10.0. The number of fused-ring (bicyclic) bond motifs is 1. The van der Waals surface area contributed by atoms with Gasteiger partial charge in [-0.3, -0.25) is 19.3 Å². The molecule has 0 saturated carbocycles. The number of hydrogen-bond donors (Lipinski definition) is 0. The number of carbonyl (C=O) groups is 5. The van der Waals surface area contributed by atoms with Gasteiger partial charge in [-0.2, -0.15) is 0 Å². The highest BCUT2D eigenvalue weighted by molar-refractivity contribution is 6.14. The lowest BCUT2D eigenvalue weighted by atomic mass is 9.71. The molecule has 0 unspecified atom stereocenters. The Morgan fingerprint density at radius 3 is 1.93 bits per heavy atom. The minimum Gasteiger partial charge on any atom is -0.469 e. The Kier molecular flexibility index (Phi) is 7.27. The number of allylic oxidation sites excluding steroid dienone is 1. The van der Waals surface area contributed by atoms with Gasteiger partial charge >= 0.3 is 23.9 Å². The number of ether oxygens (including phenoxy) is 5. The molecule has 3 heterocycles. The molecule has 42 heavy (non-hydrogen) atoms. The molecule has 1 spiro atoms. The van der Waals surface area contributed by atoms with Crippen molar-refractivity contribution < 1.29 is 47.7 Å². The molecule has 3 aliphatic rings. The Bertz CT molecular complexity index is 1480. The zero-order valence-corrected chi connectivity index (χ0v) is 23.7. The maximum absolute atomic E-state index is 14.7.